The van der Waals surface area contributed by atoms with E-state index in [0.29, 0.717) is 6.61 Å². The van der Waals surface area contributed by atoms with Crippen molar-refractivity contribution < 1.29 is 4.74 Å². The van der Waals surface area contributed by atoms with Gasteiger partial charge >= 0.3 is 0 Å². The molecule has 0 atom stereocenters. The molecule has 0 amide bonds. The molecule has 0 aromatic carbocycles. The van der Waals surface area contributed by atoms with Crippen LogP contribution in [0.5, 0.6) is 0 Å². The van der Waals surface area contributed by atoms with Crippen molar-refractivity contribution in [2.24, 2.45) is 0 Å². The molecule has 0 unspecified atom stereocenters. The van der Waals surface area contributed by atoms with Crippen molar-refractivity contribution in [3.8, 4) is 10.7 Å². The lowest BCUT2D eigenvalue weighted by atomic mass is 10.3. The van der Waals surface area contributed by atoms with Crippen molar-refractivity contribution in [1.82, 2.24) is 9.97 Å². The van der Waals surface area contributed by atoms with Crippen LogP contribution in [0, 0.1) is 3.57 Å². The first-order valence-electron chi connectivity index (χ1n) is 6.20. The van der Waals surface area contributed by atoms with Crippen molar-refractivity contribution in [3.63, 3.8) is 0 Å². The summed E-state index contributed by atoms with van der Waals surface area (Å²) >= 11 is 7.37. The van der Waals surface area contributed by atoms with Gasteiger partial charge in [-0.3, -0.25) is 0 Å². The second-order valence-corrected chi connectivity index (χ2v) is 7.66. The van der Waals surface area contributed by atoms with Gasteiger partial charge in [-0.05, 0) is 57.1 Å². The smallest absolute Gasteiger partial charge is 0.172 e. The summed E-state index contributed by atoms with van der Waals surface area (Å²) in [5.41, 5.74) is 0.918. The highest BCUT2D eigenvalue weighted by Crippen LogP contribution is 2.31. The van der Waals surface area contributed by atoms with Crippen LogP contribution in [0.4, 0.5) is 5.82 Å². The molecule has 0 saturated heterocycles. The fourth-order valence-electron chi connectivity index (χ4n) is 1.63. The minimum atomic E-state index is 0.487. The molecule has 2 rings (SSSR count). The summed E-state index contributed by atoms with van der Waals surface area (Å²) in [4.78, 5) is 10.3. The van der Waals surface area contributed by atoms with Gasteiger partial charge in [-0.15, -0.1) is 11.3 Å². The van der Waals surface area contributed by atoms with Crippen LogP contribution >= 0.6 is 49.9 Å². The number of hydrogen-bond acceptors (Lipinski definition) is 5. The zero-order valence-electron chi connectivity index (χ0n) is 11.2. The summed E-state index contributed by atoms with van der Waals surface area (Å²) in [6.07, 6.45) is 1.06. The number of hydrogen-bond donors (Lipinski definition) is 1. The van der Waals surface area contributed by atoms with Crippen LogP contribution < -0.4 is 5.32 Å². The van der Waals surface area contributed by atoms with E-state index in [2.05, 4.69) is 60.7 Å². The van der Waals surface area contributed by atoms with Crippen molar-refractivity contribution in [2.75, 3.05) is 19.0 Å². The number of methoxy groups -OCH3 is 1. The molecule has 0 aliphatic rings. The van der Waals surface area contributed by atoms with Crippen LogP contribution in [0.3, 0.4) is 0 Å². The molecule has 0 spiro atoms. The van der Waals surface area contributed by atoms with Gasteiger partial charge < -0.3 is 10.1 Å². The lowest BCUT2D eigenvalue weighted by Crippen LogP contribution is -2.09. The maximum Gasteiger partial charge on any atom is 0.172 e. The van der Waals surface area contributed by atoms with Gasteiger partial charge in [-0.1, -0.05) is 6.92 Å². The number of halogens is 2. The van der Waals surface area contributed by atoms with E-state index in [9.17, 15) is 0 Å². The third kappa shape index (κ3) is 3.90. The lowest BCUT2D eigenvalue weighted by molar-refractivity contribution is 0.181. The maximum atomic E-state index is 5.24. The molecule has 20 heavy (non-hydrogen) atoms. The average molecular weight is 468 g/mol. The second-order valence-electron chi connectivity index (χ2n) is 4.12. The summed E-state index contributed by atoms with van der Waals surface area (Å²) in [7, 11) is 1.68. The van der Waals surface area contributed by atoms with Gasteiger partial charge in [0.05, 0.1) is 24.5 Å². The summed E-state index contributed by atoms with van der Waals surface area (Å²) in [5.74, 6) is 1.63. The van der Waals surface area contributed by atoms with Crippen LogP contribution in [0.2, 0.25) is 0 Å². The fourth-order valence-corrected chi connectivity index (χ4v) is 3.54. The van der Waals surface area contributed by atoms with Crippen molar-refractivity contribution in [1.29, 1.82) is 0 Å². The minimum absolute atomic E-state index is 0.487. The molecule has 2 aromatic heterocycles. The lowest BCUT2D eigenvalue weighted by Gasteiger charge is -2.11. The van der Waals surface area contributed by atoms with Gasteiger partial charge in [0.15, 0.2) is 5.82 Å². The van der Waals surface area contributed by atoms with E-state index in [1.807, 2.05) is 12.1 Å². The Balaban J connectivity index is 2.43. The molecule has 0 aliphatic carbocycles. The molecule has 2 aromatic rings. The van der Waals surface area contributed by atoms with Crippen molar-refractivity contribution in [3.05, 3.63) is 25.2 Å². The van der Waals surface area contributed by atoms with E-state index in [0.717, 1.165) is 42.5 Å². The number of ether oxygens (including phenoxy) is 1. The number of nitrogens with zero attached hydrogens (tertiary/aromatic N) is 2. The van der Waals surface area contributed by atoms with Crippen LogP contribution in [0.1, 0.15) is 19.0 Å². The summed E-state index contributed by atoms with van der Waals surface area (Å²) < 4.78 is 7.34. The Morgan fingerprint density at radius 2 is 2.20 bits per heavy atom. The van der Waals surface area contributed by atoms with Crippen LogP contribution in [-0.4, -0.2) is 23.6 Å². The van der Waals surface area contributed by atoms with Gasteiger partial charge in [-0.2, -0.15) is 0 Å². The molecular weight excluding hydrogens is 453 g/mol. The molecule has 108 valence electrons. The highest BCUT2D eigenvalue weighted by atomic mass is 127. The Morgan fingerprint density at radius 1 is 1.40 bits per heavy atom. The van der Waals surface area contributed by atoms with E-state index in [-0.39, 0.29) is 0 Å². The van der Waals surface area contributed by atoms with Crippen molar-refractivity contribution >= 4 is 55.7 Å². The molecule has 1 N–H and O–H groups in total. The summed E-state index contributed by atoms with van der Waals surface area (Å²) in [6, 6.07) is 4.04. The van der Waals surface area contributed by atoms with E-state index in [1.54, 1.807) is 18.4 Å². The van der Waals surface area contributed by atoms with Crippen LogP contribution in [-0.2, 0) is 11.3 Å². The van der Waals surface area contributed by atoms with Gasteiger partial charge in [0.2, 0.25) is 0 Å². The predicted molar refractivity (Wildman–Crippen MR) is 95.3 cm³/mol. The molecule has 0 radical (unpaired) electrons. The normalized spacial score (nSPS) is 10.8. The zero-order chi connectivity index (χ0) is 14.5. The molecule has 4 nitrogen and oxygen atoms in total. The third-order valence-electron chi connectivity index (χ3n) is 2.54. The number of rotatable bonds is 6. The monoisotopic (exact) mass is 467 g/mol. The molecule has 0 aliphatic heterocycles. The molecule has 0 saturated carbocycles. The Kier molecular flexibility index (Phi) is 6.19. The Bertz CT molecular complexity index is 591. The standard InChI is InChI=1S/C13H15BrIN3OS/c1-3-6-16-13-11(15)8(7-19-2)17-12(18-13)9-4-5-10(14)20-9/h4-5H,3,6-7H2,1-2H3,(H,16,17,18). The second kappa shape index (κ2) is 7.67. The van der Waals surface area contributed by atoms with Crippen LogP contribution in [0.15, 0.2) is 15.9 Å². The topological polar surface area (TPSA) is 47.0 Å². The largest absolute Gasteiger partial charge is 0.378 e. The predicted octanol–water partition coefficient (Wildman–Crippen LogP) is 4.54. The van der Waals surface area contributed by atoms with Crippen LogP contribution in [0.25, 0.3) is 10.7 Å². The number of anilines is 1. The van der Waals surface area contributed by atoms with E-state index in [1.165, 1.54) is 0 Å². The van der Waals surface area contributed by atoms with E-state index >= 15 is 0 Å². The van der Waals surface area contributed by atoms with Gasteiger partial charge in [0.1, 0.15) is 5.82 Å². The Labute approximate surface area is 144 Å². The fraction of sp³-hybridized carbons (Fsp3) is 0.385. The SMILES string of the molecule is CCCNc1nc(-c2ccc(Br)s2)nc(COC)c1I. The van der Waals surface area contributed by atoms with E-state index < -0.39 is 0 Å². The van der Waals surface area contributed by atoms with Crippen molar-refractivity contribution in [2.45, 2.75) is 20.0 Å². The summed E-state index contributed by atoms with van der Waals surface area (Å²) in [5, 5.41) is 3.36. The molecule has 0 bridgehead atoms. The third-order valence-corrected chi connectivity index (χ3v) is 5.29. The van der Waals surface area contributed by atoms with Gasteiger partial charge in [0.25, 0.3) is 0 Å². The number of aromatic nitrogens is 2. The first kappa shape index (κ1) is 16.1. The molecule has 2 heterocycles. The number of thiophene rings is 1. The quantitative estimate of drug-likeness (QED) is 0.633. The zero-order valence-corrected chi connectivity index (χ0v) is 15.8. The van der Waals surface area contributed by atoms with E-state index in [4.69, 9.17) is 4.74 Å². The minimum Gasteiger partial charge on any atom is -0.378 e. The Hall–Kier alpha value is -0.250. The average Bonchev–Trinajstić information content (AvgIpc) is 2.86. The Morgan fingerprint density at radius 3 is 2.80 bits per heavy atom. The highest BCUT2D eigenvalue weighted by Gasteiger charge is 2.14. The number of nitrogens with one attached hydrogen (secondary N) is 1. The first-order chi connectivity index (χ1) is 9.65. The summed E-state index contributed by atoms with van der Waals surface area (Å²) in [6.45, 7) is 3.52. The first-order valence-corrected chi connectivity index (χ1v) is 8.89. The maximum absolute atomic E-state index is 5.24. The molecule has 7 heteroatoms. The molecule has 0 fully saturated rings. The van der Waals surface area contributed by atoms with Gasteiger partial charge in [0, 0.05) is 13.7 Å². The van der Waals surface area contributed by atoms with Gasteiger partial charge in [-0.25, -0.2) is 9.97 Å². The highest BCUT2D eigenvalue weighted by molar-refractivity contribution is 14.1. The molecular formula is C13H15BrIN3OS.